The van der Waals surface area contributed by atoms with E-state index in [-0.39, 0.29) is 0 Å². The van der Waals surface area contributed by atoms with Crippen LogP contribution in [0.5, 0.6) is 0 Å². The zero-order chi connectivity index (χ0) is 23.5. The largest absolute Gasteiger partial charge is 0.422 e. The molecule has 0 aliphatic heterocycles. The highest BCUT2D eigenvalue weighted by molar-refractivity contribution is 7.22. The first kappa shape index (κ1) is 22.4. The summed E-state index contributed by atoms with van der Waals surface area (Å²) in [6.45, 7) is 0. The smallest absolute Gasteiger partial charge is 0.343 e. The lowest BCUT2D eigenvalue weighted by Gasteiger charge is -2.11. The summed E-state index contributed by atoms with van der Waals surface area (Å²) in [6, 6.07) is 32.3. The Hall–Kier alpha value is -3.37. The van der Waals surface area contributed by atoms with E-state index in [0.717, 1.165) is 31.7 Å². The molecule has 0 N–H and O–H groups in total. The van der Waals surface area contributed by atoms with E-state index in [0.29, 0.717) is 21.4 Å². The molecule has 5 rings (SSSR count). The Morgan fingerprint density at radius 2 is 1.32 bits per heavy atom. The molecule has 166 valence electrons. The summed E-state index contributed by atoms with van der Waals surface area (Å²) >= 11 is 13.8. The molecule has 4 aromatic carbocycles. The maximum absolute atomic E-state index is 13.0. The van der Waals surface area contributed by atoms with Gasteiger partial charge in [-0.1, -0.05) is 83.9 Å². The van der Waals surface area contributed by atoms with Crippen LogP contribution in [0.25, 0.3) is 32.4 Å². The molecular weight excluding hydrogens is 483 g/mol. The maximum Gasteiger partial charge on any atom is 0.343 e. The van der Waals surface area contributed by atoms with E-state index in [4.69, 9.17) is 27.9 Å². The van der Waals surface area contributed by atoms with Gasteiger partial charge in [0.25, 0.3) is 0 Å². The van der Waals surface area contributed by atoms with Gasteiger partial charge in [-0.05, 0) is 54.1 Å². The maximum atomic E-state index is 13.0. The van der Waals surface area contributed by atoms with Crippen LogP contribution in [0.15, 0.2) is 103 Å². The van der Waals surface area contributed by atoms with E-state index in [9.17, 15) is 4.79 Å². The van der Waals surface area contributed by atoms with Gasteiger partial charge in [-0.25, -0.2) is 4.79 Å². The second-order valence-corrected chi connectivity index (χ2v) is 9.54. The first-order valence-corrected chi connectivity index (χ1v) is 12.2. The second kappa shape index (κ2) is 9.86. The van der Waals surface area contributed by atoms with Gasteiger partial charge < -0.3 is 4.74 Å². The highest BCUT2D eigenvalue weighted by Gasteiger charge is 2.17. The van der Waals surface area contributed by atoms with Crippen LogP contribution in [0.1, 0.15) is 21.5 Å². The van der Waals surface area contributed by atoms with Crippen molar-refractivity contribution in [2.45, 2.75) is 0 Å². The fraction of sp³-hybridized carbons (Fsp3) is 0. The summed E-state index contributed by atoms with van der Waals surface area (Å²) in [5.74, 6) is 0.0265. The van der Waals surface area contributed by atoms with Crippen LogP contribution >= 0.6 is 34.5 Å². The van der Waals surface area contributed by atoms with E-state index in [1.165, 1.54) is 0 Å². The van der Waals surface area contributed by atoms with Gasteiger partial charge in [0.1, 0.15) is 5.76 Å². The Kier molecular flexibility index (Phi) is 6.50. The van der Waals surface area contributed by atoms with Crippen LogP contribution in [-0.4, -0.2) is 5.97 Å². The summed E-state index contributed by atoms with van der Waals surface area (Å²) in [5, 5.41) is 2.34. The molecule has 1 heterocycles. The molecule has 0 bridgehead atoms. The number of halogens is 2. The molecule has 5 aromatic rings. The second-order valence-electron chi connectivity index (χ2n) is 7.62. The lowest BCUT2D eigenvalue weighted by atomic mass is 10.0. The van der Waals surface area contributed by atoms with E-state index in [1.54, 1.807) is 35.6 Å². The first-order valence-electron chi connectivity index (χ1n) is 10.6. The van der Waals surface area contributed by atoms with Gasteiger partial charge in [-0.3, -0.25) is 0 Å². The number of hydrogen-bond acceptors (Lipinski definition) is 3. The molecular formula is C29H18Cl2O2S. The summed E-state index contributed by atoms with van der Waals surface area (Å²) in [4.78, 5) is 14.1. The Bertz CT molecular complexity index is 1490. The molecule has 0 radical (unpaired) electrons. The molecule has 0 unspecified atom stereocenters. The number of thiophene rings is 1. The van der Waals surface area contributed by atoms with Gasteiger partial charge in [0.2, 0.25) is 0 Å². The molecule has 0 saturated heterocycles. The number of carbonyl (C=O) groups excluding carboxylic acids is 1. The molecule has 0 atom stereocenters. The van der Waals surface area contributed by atoms with Crippen molar-refractivity contribution in [3.05, 3.63) is 130 Å². The summed E-state index contributed by atoms with van der Waals surface area (Å²) in [5.41, 5.74) is 3.28. The zero-order valence-corrected chi connectivity index (χ0v) is 20.2. The zero-order valence-electron chi connectivity index (χ0n) is 17.9. The van der Waals surface area contributed by atoms with Gasteiger partial charge >= 0.3 is 5.97 Å². The molecule has 1 aromatic heterocycles. The van der Waals surface area contributed by atoms with Crippen molar-refractivity contribution >= 4 is 62.4 Å². The summed E-state index contributed by atoms with van der Waals surface area (Å²) in [6.07, 6.45) is 1.95. The predicted molar refractivity (Wildman–Crippen MR) is 143 cm³/mol. The topological polar surface area (TPSA) is 26.3 Å². The van der Waals surface area contributed by atoms with E-state index in [2.05, 4.69) is 12.1 Å². The van der Waals surface area contributed by atoms with Crippen molar-refractivity contribution in [1.29, 1.82) is 0 Å². The molecule has 0 amide bonds. The third-order valence-corrected chi connectivity index (χ3v) is 7.10. The van der Waals surface area contributed by atoms with Crippen LogP contribution in [0.3, 0.4) is 0 Å². The SMILES string of the molecule is O=C(O/C(=C\c1c(-c2ccc(Cl)cc2)sc2ccccc12)c1ccccc1)c1ccc(Cl)cc1. The van der Waals surface area contributed by atoms with Crippen LogP contribution in [0.4, 0.5) is 0 Å². The predicted octanol–water partition coefficient (Wildman–Crippen LogP) is 9.23. The summed E-state index contributed by atoms with van der Waals surface area (Å²) < 4.78 is 7.11. The minimum Gasteiger partial charge on any atom is -0.422 e. The average Bonchev–Trinajstić information content (AvgIpc) is 3.23. The van der Waals surface area contributed by atoms with Gasteiger partial charge in [0, 0.05) is 36.1 Å². The molecule has 0 fully saturated rings. The number of hydrogen-bond donors (Lipinski definition) is 0. The van der Waals surface area contributed by atoms with Crippen molar-refractivity contribution in [3.8, 4) is 10.4 Å². The number of fused-ring (bicyclic) bond motifs is 1. The number of esters is 1. The lowest BCUT2D eigenvalue weighted by molar-refractivity contribution is 0.0693. The minimum atomic E-state index is -0.445. The fourth-order valence-electron chi connectivity index (χ4n) is 3.67. The van der Waals surface area contributed by atoms with Crippen molar-refractivity contribution in [1.82, 2.24) is 0 Å². The number of benzene rings is 4. The van der Waals surface area contributed by atoms with Gasteiger partial charge in [0.15, 0.2) is 0 Å². The van der Waals surface area contributed by atoms with Crippen LogP contribution in [0, 0.1) is 0 Å². The molecule has 0 aliphatic rings. The quantitative estimate of drug-likeness (QED) is 0.177. The molecule has 0 spiro atoms. The van der Waals surface area contributed by atoms with Gasteiger partial charge in [0.05, 0.1) is 5.56 Å². The molecule has 34 heavy (non-hydrogen) atoms. The van der Waals surface area contributed by atoms with Crippen LogP contribution in [0.2, 0.25) is 10.0 Å². The Labute approximate surface area is 211 Å². The van der Waals surface area contributed by atoms with Gasteiger partial charge in [-0.2, -0.15) is 0 Å². The Morgan fingerprint density at radius 3 is 2.03 bits per heavy atom. The normalized spacial score (nSPS) is 11.5. The van der Waals surface area contributed by atoms with Crippen molar-refractivity contribution in [2.75, 3.05) is 0 Å². The summed E-state index contributed by atoms with van der Waals surface area (Å²) in [7, 11) is 0. The first-order chi connectivity index (χ1) is 16.6. The van der Waals surface area contributed by atoms with E-state index < -0.39 is 5.97 Å². The van der Waals surface area contributed by atoms with Crippen molar-refractivity contribution < 1.29 is 9.53 Å². The number of ether oxygens (including phenoxy) is 1. The molecule has 5 heteroatoms. The number of rotatable bonds is 5. The highest BCUT2D eigenvalue weighted by atomic mass is 35.5. The molecule has 2 nitrogen and oxygen atoms in total. The van der Waals surface area contributed by atoms with Gasteiger partial charge in [-0.15, -0.1) is 11.3 Å². The minimum absolute atomic E-state index is 0.430. The van der Waals surface area contributed by atoms with Crippen molar-refractivity contribution in [2.24, 2.45) is 0 Å². The van der Waals surface area contributed by atoms with Crippen LogP contribution in [-0.2, 0) is 4.74 Å². The lowest BCUT2D eigenvalue weighted by Crippen LogP contribution is -2.04. The standard InChI is InChI=1S/C29H18Cl2O2S/c30-22-14-10-20(11-15-22)28-25(24-8-4-5-9-27(24)34-28)18-26(19-6-2-1-3-7-19)33-29(32)21-12-16-23(31)17-13-21/h1-18H/b26-18-. The van der Waals surface area contributed by atoms with E-state index in [1.807, 2.05) is 72.8 Å². The van der Waals surface area contributed by atoms with Crippen molar-refractivity contribution in [3.63, 3.8) is 0 Å². The third-order valence-electron chi connectivity index (χ3n) is 5.36. The molecule has 0 saturated carbocycles. The third kappa shape index (κ3) is 4.78. The van der Waals surface area contributed by atoms with E-state index >= 15 is 0 Å². The Balaban J connectivity index is 1.66. The highest BCUT2D eigenvalue weighted by Crippen LogP contribution is 2.41. The fourth-order valence-corrected chi connectivity index (χ4v) is 5.11. The Morgan fingerprint density at radius 1 is 0.706 bits per heavy atom. The van der Waals surface area contributed by atoms with Crippen LogP contribution < -0.4 is 0 Å². The number of carbonyl (C=O) groups is 1. The average molecular weight is 501 g/mol. The molecule has 0 aliphatic carbocycles. The monoisotopic (exact) mass is 500 g/mol.